The highest BCUT2D eigenvalue weighted by Crippen LogP contribution is 2.28. The zero-order chi connectivity index (χ0) is 20.3. The van der Waals surface area contributed by atoms with Crippen molar-refractivity contribution in [2.75, 3.05) is 18.4 Å². The summed E-state index contributed by atoms with van der Waals surface area (Å²) < 4.78 is 11.4. The van der Waals surface area contributed by atoms with Crippen LogP contribution in [0, 0.1) is 0 Å². The number of thiazole rings is 1. The number of hydrogen-bond donors (Lipinski definition) is 1. The molecule has 1 amide bonds. The molecule has 1 N–H and O–H groups in total. The van der Waals surface area contributed by atoms with Crippen molar-refractivity contribution in [3.05, 3.63) is 39.3 Å². The van der Waals surface area contributed by atoms with Crippen LogP contribution in [0.4, 0.5) is 5.13 Å². The van der Waals surface area contributed by atoms with Crippen LogP contribution in [0.3, 0.4) is 0 Å². The molecular formula is C19H23Cl2N3O3S. The van der Waals surface area contributed by atoms with Gasteiger partial charge in [-0.2, -0.15) is 0 Å². The van der Waals surface area contributed by atoms with E-state index in [1.165, 1.54) is 11.3 Å². The first-order valence-corrected chi connectivity index (χ1v) is 10.7. The van der Waals surface area contributed by atoms with Gasteiger partial charge < -0.3 is 9.47 Å². The molecule has 3 atom stereocenters. The van der Waals surface area contributed by atoms with Crippen LogP contribution in [0.25, 0.3) is 0 Å². The molecule has 0 aliphatic carbocycles. The molecule has 0 unspecified atom stereocenters. The van der Waals surface area contributed by atoms with Crippen LogP contribution in [0.2, 0.25) is 10.0 Å². The van der Waals surface area contributed by atoms with Gasteiger partial charge in [0.1, 0.15) is 5.75 Å². The van der Waals surface area contributed by atoms with Gasteiger partial charge in [0.15, 0.2) is 11.2 Å². The lowest BCUT2D eigenvalue weighted by atomic mass is 10.2. The van der Waals surface area contributed by atoms with Crippen LogP contribution in [-0.4, -0.2) is 47.2 Å². The molecule has 1 aliphatic rings. The molecule has 1 fully saturated rings. The van der Waals surface area contributed by atoms with Gasteiger partial charge in [-0.05, 0) is 39.0 Å². The lowest BCUT2D eigenvalue weighted by molar-refractivity contribution is -0.122. The van der Waals surface area contributed by atoms with Crippen LogP contribution >= 0.6 is 34.5 Å². The monoisotopic (exact) mass is 443 g/mol. The third kappa shape index (κ3) is 5.81. The number of morpholine rings is 1. The minimum absolute atomic E-state index is 0.208. The van der Waals surface area contributed by atoms with Gasteiger partial charge in [0.25, 0.3) is 5.91 Å². The van der Waals surface area contributed by atoms with Crippen LogP contribution in [0.5, 0.6) is 5.75 Å². The van der Waals surface area contributed by atoms with E-state index in [-0.39, 0.29) is 18.1 Å². The van der Waals surface area contributed by atoms with Crippen LogP contribution in [0.1, 0.15) is 26.5 Å². The number of carbonyl (C=O) groups is 1. The van der Waals surface area contributed by atoms with Gasteiger partial charge in [-0.15, -0.1) is 11.3 Å². The molecule has 0 bridgehead atoms. The van der Waals surface area contributed by atoms with E-state index in [4.69, 9.17) is 32.7 Å². The number of carbonyl (C=O) groups excluding carboxylic acids is 1. The number of benzene rings is 1. The van der Waals surface area contributed by atoms with Crippen molar-refractivity contribution in [1.29, 1.82) is 0 Å². The van der Waals surface area contributed by atoms with E-state index in [1.807, 2.05) is 5.38 Å². The Morgan fingerprint density at radius 3 is 2.79 bits per heavy atom. The molecule has 1 aliphatic heterocycles. The van der Waals surface area contributed by atoms with Gasteiger partial charge in [-0.1, -0.05) is 23.2 Å². The largest absolute Gasteiger partial charge is 0.479 e. The Morgan fingerprint density at radius 1 is 1.39 bits per heavy atom. The highest BCUT2D eigenvalue weighted by molar-refractivity contribution is 7.13. The third-order valence-corrected chi connectivity index (χ3v) is 5.57. The average Bonchev–Trinajstić information content (AvgIpc) is 3.03. The molecule has 1 saturated heterocycles. The van der Waals surface area contributed by atoms with Gasteiger partial charge >= 0.3 is 0 Å². The summed E-state index contributed by atoms with van der Waals surface area (Å²) in [5, 5.41) is 6.17. The molecule has 0 spiro atoms. The van der Waals surface area contributed by atoms with Gasteiger partial charge in [-0.25, -0.2) is 4.98 Å². The van der Waals surface area contributed by atoms with Gasteiger partial charge in [0.05, 0.1) is 22.9 Å². The predicted octanol–water partition coefficient (Wildman–Crippen LogP) is 4.47. The second-order valence-corrected chi connectivity index (χ2v) is 8.62. The van der Waals surface area contributed by atoms with E-state index in [9.17, 15) is 4.79 Å². The minimum Gasteiger partial charge on any atom is -0.479 e. The van der Waals surface area contributed by atoms with E-state index in [0.29, 0.717) is 20.9 Å². The molecule has 3 rings (SSSR count). The maximum atomic E-state index is 12.4. The Bertz CT molecular complexity index is 823. The molecule has 152 valence electrons. The molecule has 1 aromatic heterocycles. The molecule has 0 radical (unpaired) electrons. The zero-order valence-electron chi connectivity index (χ0n) is 15.9. The van der Waals surface area contributed by atoms with Crippen molar-refractivity contribution in [2.45, 2.75) is 45.6 Å². The van der Waals surface area contributed by atoms with Gasteiger partial charge in [0.2, 0.25) is 0 Å². The Hall–Kier alpha value is -1.38. The summed E-state index contributed by atoms with van der Waals surface area (Å²) in [7, 11) is 0. The van der Waals surface area contributed by atoms with Crippen molar-refractivity contribution < 1.29 is 14.3 Å². The van der Waals surface area contributed by atoms with E-state index < -0.39 is 6.10 Å². The topological polar surface area (TPSA) is 63.7 Å². The Morgan fingerprint density at radius 2 is 2.11 bits per heavy atom. The maximum absolute atomic E-state index is 12.4. The van der Waals surface area contributed by atoms with Crippen molar-refractivity contribution >= 4 is 45.6 Å². The van der Waals surface area contributed by atoms with E-state index in [2.05, 4.69) is 29.0 Å². The number of anilines is 1. The molecule has 2 heterocycles. The highest BCUT2D eigenvalue weighted by Gasteiger charge is 2.23. The fourth-order valence-corrected chi connectivity index (χ4v) is 4.26. The maximum Gasteiger partial charge on any atom is 0.266 e. The van der Waals surface area contributed by atoms with E-state index in [0.717, 1.165) is 25.3 Å². The van der Waals surface area contributed by atoms with Crippen molar-refractivity contribution in [3.63, 3.8) is 0 Å². The number of ether oxygens (including phenoxy) is 2. The molecule has 0 saturated carbocycles. The number of rotatable bonds is 6. The van der Waals surface area contributed by atoms with Crippen molar-refractivity contribution in [3.8, 4) is 5.75 Å². The first-order chi connectivity index (χ1) is 13.3. The normalized spacial score (nSPS) is 21.3. The molecule has 28 heavy (non-hydrogen) atoms. The first-order valence-electron chi connectivity index (χ1n) is 9.05. The number of nitrogens with zero attached hydrogens (tertiary/aromatic N) is 2. The number of amides is 1. The quantitative estimate of drug-likeness (QED) is 0.713. The van der Waals surface area contributed by atoms with E-state index in [1.54, 1.807) is 25.1 Å². The number of aromatic nitrogens is 1. The second kappa shape index (κ2) is 9.41. The average molecular weight is 444 g/mol. The number of hydrogen-bond acceptors (Lipinski definition) is 6. The van der Waals surface area contributed by atoms with Crippen molar-refractivity contribution in [1.82, 2.24) is 9.88 Å². The second-order valence-electron chi connectivity index (χ2n) is 6.92. The third-order valence-electron chi connectivity index (χ3n) is 4.23. The zero-order valence-corrected chi connectivity index (χ0v) is 18.3. The Kier molecular flexibility index (Phi) is 7.17. The summed E-state index contributed by atoms with van der Waals surface area (Å²) >= 11 is 13.4. The number of nitrogens with one attached hydrogen (secondary N) is 1. The minimum atomic E-state index is -0.730. The standard InChI is InChI=1S/C19H23Cl2N3O3S/c1-11-7-24(8-12(2)26-11)9-15-10-28-19(22-15)23-18(25)13(3)27-17-5-4-14(20)6-16(17)21/h4-6,10-13H,7-9H2,1-3H3,(H,22,23,25)/t11-,12-,13+/m1/s1. The fraction of sp³-hybridized carbons (Fsp3) is 0.474. The Labute approximate surface area is 178 Å². The lowest BCUT2D eigenvalue weighted by Crippen LogP contribution is -2.44. The smallest absolute Gasteiger partial charge is 0.266 e. The molecule has 2 aromatic rings. The molecular weight excluding hydrogens is 421 g/mol. The summed E-state index contributed by atoms with van der Waals surface area (Å²) in [5.41, 5.74) is 0.927. The number of halogens is 2. The van der Waals surface area contributed by atoms with Gasteiger partial charge in [-0.3, -0.25) is 15.0 Å². The van der Waals surface area contributed by atoms with E-state index >= 15 is 0 Å². The highest BCUT2D eigenvalue weighted by atomic mass is 35.5. The molecule has 6 nitrogen and oxygen atoms in total. The van der Waals surface area contributed by atoms with Crippen LogP contribution < -0.4 is 10.1 Å². The predicted molar refractivity (Wildman–Crippen MR) is 113 cm³/mol. The lowest BCUT2D eigenvalue weighted by Gasteiger charge is -2.34. The summed E-state index contributed by atoms with van der Waals surface area (Å²) in [6.07, 6.45) is -0.314. The summed E-state index contributed by atoms with van der Waals surface area (Å²) in [5.74, 6) is 0.115. The van der Waals surface area contributed by atoms with Crippen LogP contribution in [-0.2, 0) is 16.1 Å². The van der Waals surface area contributed by atoms with Gasteiger partial charge in [0, 0.05) is 30.0 Å². The molecule has 9 heteroatoms. The summed E-state index contributed by atoms with van der Waals surface area (Å²) in [6, 6.07) is 4.87. The van der Waals surface area contributed by atoms with Crippen LogP contribution in [0.15, 0.2) is 23.6 Å². The fourth-order valence-electron chi connectivity index (χ4n) is 3.10. The summed E-state index contributed by atoms with van der Waals surface area (Å²) in [6.45, 7) is 8.28. The summed E-state index contributed by atoms with van der Waals surface area (Å²) in [4.78, 5) is 19.2. The first kappa shape index (κ1) is 21.3. The van der Waals surface area contributed by atoms with Crippen molar-refractivity contribution in [2.24, 2.45) is 0 Å². The Balaban J connectivity index is 1.54. The molecule has 1 aromatic carbocycles. The SMILES string of the molecule is C[C@@H]1CN(Cc2csc(NC(=O)[C@H](C)Oc3ccc(Cl)cc3Cl)n2)C[C@@H](C)O1.